The van der Waals surface area contributed by atoms with Crippen LogP contribution in [0, 0.1) is 23.5 Å². The molecule has 2 unspecified atom stereocenters. The molecule has 0 saturated carbocycles. The lowest BCUT2D eigenvalue weighted by atomic mass is 9.98. The molecule has 2 aromatic heterocycles. The summed E-state index contributed by atoms with van der Waals surface area (Å²) >= 11 is 3.07. The predicted octanol–water partition coefficient (Wildman–Crippen LogP) is 11.7. The molecule has 0 bridgehead atoms. The molecular formula is C42H46F2N2O2S2. The first-order valence-corrected chi connectivity index (χ1v) is 19.8. The average Bonchev–Trinajstić information content (AvgIpc) is 3.91. The van der Waals surface area contributed by atoms with Crippen molar-refractivity contribution in [3.63, 3.8) is 0 Å². The average molecular weight is 713 g/mol. The van der Waals surface area contributed by atoms with Gasteiger partial charge in [0.1, 0.15) is 11.6 Å². The summed E-state index contributed by atoms with van der Waals surface area (Å²) in [7, 11) is 0. The van der Waals surface area contributed by atoms with E-state index < -0.39 is 0 Å². The number of halogens is 2. The highest BCUT2D eigenvalue weighted by Crippen LogP contribution is 2.50. The number of amides is 2. The third kappa shape index (κ3) is 7.28. The van der Waals surface area contributed by atoms with Crippen molar-refractivity contribution in [2.75, 3.05) is 13.1 Å². The summed E-state index contributed by atoms with van der Waals surface area (Å²) in [5, 5.41) is 0. The van der Waals surface area contributed by atoms with Gasteiger partial charge < -0.3 is 9.80 Å². The highest BCUT2D eigenvalue weighted by molar-refractivity contribution is 7.17. The summed E-state index contributed by atoms with van der Waals surface area (Å²) in [6.45, 7) is 9.80. The van der Waals surface area contributed by atoms with Crippen LogP contribution in [-0.2, 0) is 9.59 Å². The second-order valence-electron chi connectivity index (χ2n) is 13.5. The Kier molecular flexibility index (Phi) is 11.5. The van der Waals surface area contributed by atoms with Crippen molar-refractivity contribution in [1.82, 2.24) is 9.80 Å². The zero-order valence-electron chi connectivity index (χ0n) is 29.4. The van der Waals surface area contributed by atoms with Gasteiger partial charge >= 0.3 is 0 Å². The predicted molar refractivity (Wildman–Crippen MR) is 203 cm³/mol. The van der Waals surface area contributed by atoms with Crippen LogP contribution in [0.4, 0.5) is 8.78 Å². The molecule has 0 radical (unpaired) electrons. The normalized spacial score (nSPS) is 15.9. The Morgan fingerprint density at radius 3 is 1.24 bits per heavy atom. The summed E-state index contributed by atoms with van der Waals surface area (Å²) in [6, 6.07) is 20.9. The van der Waals surface area contributed by atoms with E-state index >= 15 is 0 Å². The van der Waals surface area contributed by atoms with Crippen LogP contribution < -0.4 is 0 Å². The van der Waals surface area contributed by atoms with Crippen LogP contribution in [0.15, 0.2) is 83.9 Å². The Morgan fingerprint density at radius 2 is 0.900 bits per heavy atom. The van der Waals surface area contributed by atoms with Gasteiger partial charge in [-0.05, 0) is 84.3 Å². The van der Waals surface area contributed by atoms with E-state index in [1.54, 1.807) is 24.3 Å². The number of carbonyl (C=O) groups is 2. The van der Waals surface area contributed by atoms with Crippen LogP contribution in [0.1, 0.15) is 88.8 Å². The molecule has 0 fully saturated rings. The minimum absolute atomic E-state index is 0.120. The molecule has 50 heavy (non-hydrogen) atoms. The van der Waals surface area contributed by atoms with Gasteiger partial charge in [0.05, 0.1) is 32.3 Å². The van der Waals surface area contributed by atoms with Crippen molar-refractivity contribution in [1.29, 1.82) is 0 Å². The molecule has 262 valence electrons. The number of nitrogens with zero attached hydrogens (tertiary/aromatic N) is 2. The highest BCUT2D eigenvalue weighted by Gasteiger charge is 2.50. The second-order valence-corrected chi connectivity index (χ2v) is 15.6. The van der Waals surface area contributed by atoms with Crippen LogP contribution in [0.2, 0.25) is 0 Å². The SMILES string of the molecule is CCCCC(CC)CN1C(=O)C2=C(c3ccc(-c4ccc(F)cc4)s3)N(CC(CC)CCCC)C(=O)C2=C1c1ccc(-c2ccc(F)cc2)s1. The minimum atomic E-state index is -0.292. The molecule has 0 spiro atoms. The lowest BCUT2D eigenvalue weighted by Gasteiger charge is -2.29. The number of unbranched alkanes of at least 4 members (excludes halogenated alkanes) is 2. The van der Waals surface area contributed by atoms with Gasteiger partial charge in [-0.1, -0.05) is 90.5 Å². The Labute approximate surface area is 303 Å². The summed E-state index contributed by atoms with van der Waals surface area (Å²) in [5.41, 5.74) is 4.15. The largest absolute Gasteiger partial charge is 0.306 e. The van der Waals surface area contributed by atoms with Gasteiger partial charge in [0.2, 0.25) is 0 Å². The van der Waals surface area contributed by atoms with Gasteiger partial charge in [0, 0.05) is 22.8 Å². The number of rotatable bonds is 16. The highest BCUT2D eigenvalue weighted by atomic mass is 32.1. The van der Waals surface area contributed by atoms with E-state index in [0.717, 1.165) is 82.0 Å². The van der Waals surface area contributed by atoms with Crippen molar-refractivity contribution in [3.05, 3.63) is 105 Å². The lowest BCUT2D eigenvalue weighted by molar-refractivity contribution is -0.124. The number of hydrogen-bond acceptors (Lipinski definition) is 4. The Bertz CT molecular complexity index is 1750. The third-order valence-electron chi connectivity index (χ3n) is 10.1. The maximum atomic E-state index is 14.9. The van der Waals surface area contributed by atoms with Crippen molar-refractivity contribution in [2.24, 2.45) is 11.8 Å². The number of carbonyl (C=O) groups excluding carboxylic acids is 2. The van der Waals surface area contributed by atoms with Crippen molar-refractivity contribution in [3.8, 4) is 20.9 Å². The van der Waals surface area contributed by atoms with E-state index in [2.05, 4.69) is 27.7 Å². The van der Waals surface area contributed by atoms with E-state index in [9.17, 15) is 18.4 Å². The molecule has 6 rings (SSSR count). The molecule has 4 aromatic rings. The molecule has 2 aliphatic heterocycles. The summed E-state index contributed by atoms with van der Waals surface area (Å²) in [5.74, 6) is -0.229. The van der Waals surface area contributed by atoms with Crippen LogP contribution in [0.25, 0.3) is 32.3 Å². The van der Waals surface area contributed by atoms with E-state index in [1.807, 2.05) is 34.1 Å². The number of thiophene rings is 2. The lowest BCUT2D eigenvalue weighted by Crippen LogP contribution is -2.34. The Morgan fingerprint density at radius 1 is 0.540 bits per heavy atom. The van der Waals surface area contributed by atoms with E-state index in [-0.39, 0.29) is 23.4 Å². The standard InChI is InChI=1S/C42H46F2N2O2S2/c1-5-9-11-27(7-3)25-45-39(35-23-21-33(49-35)29-13-17-31(43)18-14-29)37-38(41(45)47)40(46(42(37)48)26-28(8-4)12-10-6-2)36-24-22-34(50-36)30-15-19-32(44)20-16-30/h13-24,27-28H,5-12,25-26H2,1-4H3. The first-order chi connectivity index (χ1) is 24.3. The summed E-state index contributed by atoms with van der Waals surface area (Å²) < 4.78 is 27.6. The molecule has 4 heterocycles. The summed E-state index contributed by atoms with van der Waals surface area (Å²) in [4.78, 5) is 37.2. The van der Waals surface area contributed by atoms with Crippen molar-refractivity contribution < 1.29 is 18.4 Å². The molecule has 0 aliphatic carbocycles. The number of benzene rings is 2. The molecular weight excluding hydrogens is 667 g/mol. The Balaban J connectivity index is 1.51. The molecule has 8 heteroatoms. The van der Waals surface area contributed by atoms with Gasteiger partial charge in [-0.15, -0.1) is 22.7 Å². The number of fused-ring (bicyclic) bond motifs is 1. The topological polar surface area (TPSA) is 40.6 Å². The Hall–Kier alpha value is -3.88. The van der Waals surface area contributed by atoms with E-state index in [4.69, 9.17) is 0 Å². The van der Waals surface area contributed by atoms with Gasteiger partial charge in [-0.2, -0.15) is 0 Å². The monoisotopic (exact) mass is 712 g/mol. The quantitative estimate of drug-likeness (QED) is 0.116. The maximum absolute atomic E-state index is 14.9. The molecule has 0 N–H and O–H groups in total. The van der Waals surface area contributed by atoms with Gasteiger partial charge in [-0.25, -0.2) is 8.78 Å². The van der Waals surface area contributed by atoms with E-state index in [1.165, 1.54) is 46.9 Å². The van der Waals surface area contributed by atoms with Crippen LogP contribution in [-0.4, -0.2) is 34.7 Å². The zero-order valence-corrected chi connectivity index (χ0v) is 31.1. The molecule has 2 aliphatic rings. The van der Waals surface area contributed by atoms with Gasteiger partial charge in [0.25, 0.3) is 11.8 Å². The van der Waals surface area contributed by atoms with Crippen molar-refractivity contribution in [2.45, 2.75) is 79.1 Å². The first-order valence-electron chi connectivity index (χ1n) is 18.1. The van der Waals surface area contributed by atoms with Gasteiger partial charge in [-0.3, -0.25) is 9.59 Å². The fourth-order valence-corrected chi connectivity index (χ4v) is 9.22. The second kappa shape index (κ2) is 16.0. The maximum Gasteiger partial charge on any atom is 0.261 e. The van der Waals surface area contributed by atoms with Crippen LogP contribution in [0.5, 0.6) is 0 Å². The molecule has 0 saturated heterocycles. The molecule has 2 aromatic carbocycles. The zero-order chi connectivity index (χ0) is 35.4. The minimum Gasteiger partial charge on any atom is -0.306 e. The van der Waals surface area contributed by atoms with Gasteiger partial charge in [0.15, 0.2) is 0 Å². The van der Waals surface area contributed by atoms with Crippen LogP contribution in [0.3, 0.4) is 0 Å². The molecule has 2 amide bonds. The van der Waals surface area contributed by atoms with E-state index in [0.29, 0.717) is 47.5 Å². The summed E-state index contributed by atoms with van der Waals surface area (Å²) in [6.07, 6.45) is 8.22. The van der Waals surface area contributed by atoms with Crippen LogP contribution >= 0.6 is 22.7 Å². The smallest absolute Gasteiger partial charge is 0.261 e. The first kappa shape index (κ1) is 35.9. The third-order valence-corrected chi connectivity index (χ3v) is 12.4. The molecule has 2 atom stereocenters. The fourth-order valence-electron chi connectivity index (χ4n) is 7.08. The van der Waals surface area contributed by atoms with Crippen molar-refractivity contribution >= 4 is 45.9 Å². The molecule has 4 nitrogen and oxygen atoms in total. The number of hydrogen-bond donors (Lipinski definition) is 0. The fraction of sp³-hybridized carbons (Fsp3) is 0.381.